The Morgan fingerprint density at radius 3 is 2.58 bits per heavy atom. The first-order valence-electron chi connectivity index (χ1n) is 8.29. The number of hydrogen-bond acceptors (Lipinski definition) is 2. The molecule has 3 amide bonds. The topological polar surface area (TPSA) is 61.4 Å². The highest BCUT2D eigenvalue weighted by Crippen LogP contribution is 2.26. The van der Waals surface area contributed by atoms with Gasteiger partial charge in [-0.25, -0.2) is 4.79 Å². The van der Waals surface area contributed by atoms with E-state index in [1.54, 1.807) is 23.1 Å². The summed E-state index contributed by atoms with van der Waals surface area (Å²) in [6.45, 7) is 3.02. The van der Waals surface area contributed by atoms with Gasteiger partial charge in [-0.1, -0.05) is 40.9 Å². The Bertz CT molecular complexity index is 824. The Morgan fingerprint density at radius 2 is 1.88 bits per heavy atom. The highest BCUT2D eigenvalue weighted by Gasteiger charge is 2.30. The molecule has 26 heavy (non-hydrogen) atoms. The van der Waals surface area contributed by atoms with E-state index in [1.165, 1.54) is 0 Å². The molecule has 1 heterocycles. The largest absolute Gasteiger partial charge is 0.338 e. The van der Waals surface area contributed by atoms with Crippen LogP contribution in [0, 0.1) is 12.8 Å². The first kappa shape index (κ1) is 18.5. The van der Waals surface area contributed by atoms with Gasteiger partial charge in [-0.2, -0.15) is 0 Å². The molecule has 0 aliphatic carbocycles. The first-order valence-corrected chi connectivity index (χ1v) is 9.05. The standard InChI is InChI=1S/C19H19Cl2N3O2/c1-12-2-5-15(6-3-12)24-11-13(8-18(24)25)10-22-19(26)23-14-4-7-16(20)17(21)9-14/h2-7,9,13H,8,10-11H2,1H3,(H2,22,23,26). The number of nitrogens with zero attached hydrogens (tertiary/aromatic N) is 1. The zero-order valence-electron chi connectivity index (χ0n) is 14.3. The summed E-state index contributed by atoms with van der Waals surface area (Å²) >= 11 is 11.8. The fraction of sp³-hybridized carbons (Fsp3) is 0.263. The van der Waals surface area contributed by atoms with Crippen molar-refractivity contribution in [2.75, 3.05) is 23.3 Å². The van der Waals surface area contributed by atoms with Gasteiger partial charge in [-0.15, -0.1) is 0 Å². The SMILES string of the molecule is Cc1ccc(N2CC(CNC(=O)Nc3ccc(Cl)c(Cl)c3)CC2=O)cc1. The average Bonchev–Trinajstić information content (AvgIpc) is 2.98. The lowest BCUT2D eigenvalue weighted by atomic mass is 10.1. The van der Waals surface area contributed by atoms with Crippen LogP contribution in [0.2, 0.25) is 10.0 Å². The molecule has 1 unspecified atom stereocenters. The fourth-order valence-electron chi connectivity index (χ4n) is 2.88. The number of benzene rings is 2. The van der Waals surface area contributed by atoms with Crippen LogP contribution < -0.4 is 15.5 Å². The third-order valence-electron chi connectivity index (χ3n) is 4.28. The minimum absolute atomic E-state index is 0.0726. The van der Waals surface area contributed by atoms with Crippen LogP contribution in [-0.2, 0) is 4.79 Å². The maximum atomic E-state index is 12.2. The molecule has 0 bridgehead atoms. The normalized spacial score (nSPS) is 16.7. The number of carbonyl (C=O) groups excluding carboxylic acids is 2. The Labute approximate surface area is 162 Å². The summed E-state index contributed by atoms with van der Waals surface area (Å²) < 4.78 is 0. The van der Waals surface area contributed by atoms with Crippen molar-refractivity contribution in [3.63, 3.8) is 0 Å². The molecule has 1 aliphatic rings. The van der Waals surface area contributed by atoms with Gasteiger partial charge in [0.05, 0.1) is 10.0 Å². The molecule has 1 aliphatic heterocycles. The van der Waals surface area contributed by atoms with E-state index in [9.17, 15) is 9.59 Å². The summed E-state index contributed by atoms with van der Waals surface area (Å²) in [5, 5.41) is 6.31. The van der Waals surface area contributed by atoms with Gasteiger partial charge >= 0.3 is 6.03 Å². The Morgan fingerprint density at radius 1 is 1.15 bits per heavy atom. The molecule has 2 N–H and O–H groups in total. The molecular weight excluding hydrogens is 373 g/mol. The van der Waals surface area contributed by atoms with Gasteiger partial charge in [0.1, 0.15) is 0 Å². The number of amides is 3. The molecule has 0 spiro atoms. The summed E-state index contributed by atoms with van der Waals surface area (Å²) in [5.74, 6) is 0.147. The zero-order chi connectivity index (χ0) is 18.7. The van der Waals surface area contributed by atoms with Crippen LogP contribution >= 0.6 is 23.2 Å². The van der Waals surface area contributed by atoms with Gasteiger partial charge in [0, 0.05) is 36.8 Å². The zero-order valence-corrected chi connectivity index (χ0v) is 15.8. The van der Waals surface area contributed by atoms with Crippen molar-refractivity contribution in [2.45, 2.75) is 13.3 Å². The van der Waals surface area contributed by atoms with Gasteiger partial charge in [-0.3, -0.25) is 4.79 Å². The second-order valence-corrected chi connectivity index (χ2v) is 7.19. The third-order valence-corrected chi connectivity index (χ3v) is 5.02. The monoisotopic (exact) mass is 391 g/mol. The summed E-state index contributed by atoms with van der Waals surface area (Å²) in [6, 6.07) is 12.4. The van der Waals surface area contributed by atoms with Crippen molar-refractivity contribution in [1.82, 2.24) is 5.32 Å². The van der Waals surface area contributed by atoms with Crippen molar-refractivity contribution in [1.29, 1.82) is 0 Å². The molecule has 0 saturated carbocycles. The third kappa shape index (κ3) is 4.48. The summed E-state index contributed by atoms with van der Waals surface area (Å²) in [7, 11) is 0. The number of urea groups is 1. The van der Waals surface area contributed by atoms with E-state index in [0.29, 0.717) is 35.2 Å². The van der Waals surface area contributed by atoms with Crippen LogP contribution in [0.25, 0.3) is 0 Å². The Hall–Kier alpha value is -2.24. The Kier molecular flexibility index (Phi) is 5.69. The maximum Gasteiger partial charge on any atom is 0.319 e. The number of rotatable bonds is 4. The molecule has 2 aromatic carbocycles. The molecule has 0 aromatic heterocycles. The van der Waals surface area contributed by atoms with Gasteiger partial charge in [0.15, 0.2) is 0 Å². The van der Waals surface area contributed by atoms with Crippen LogP contribution in [0.4, 0.5) is 16.2 Å². The molecule has 136 valence electrons. The van der Waals surface area contributed by atoms with Crippen molar-refractivity contribution < 1.29 is 9.59 Å². The van der Waals surface area contributed by atoms with E-state index < -0.39 is 0 Å². The summed E-state index contributed by atoms with van der Waals surface area (Å²) in [4.78, 5) is 26.1. The smallest absolute Gasteiger partial charge is 0.319 e. The number of carbonyl (C=O) groups is 2. The van der Waals surface area contributed by atoms with Gasteiger partial charge in [-0.05, 0) is 37.3 Å². The van der Waals surface area contributed by atoms with E-state index in [1.807, 2.05) is 31.2 Å². The minimum Gasteiger partial charge on any atom is -0.338 e. The number of halogens is 2. The highest BCUT2D eigenvalue weighted by molar-refractivity contribution is 6.42. The van der Waals surface area contributed by atoms with Gasteiger partial charge < -0.3 is 15.5 Å². The van der Waals surface area contributed by atoms with Crippen molar-refractivity contribution in [3.05, 3.63) is 58.1 Å². The molecule has 2 aromatic rings. The molecule has 7 heteroatoms. The van der Waals surface area contributed by atoms with Crippen molar-refractivity contribution >= 4 is 46.5 Å². The fourth-order valence-corrected chi connectivity index (χ4v) is 3.18. The lowest BCUT2D eigenvalue weighted by Crippen LogP contribution is -2.34. The molecular formula is C19H19Cl2N3O2. The molecule has 0 radical (unpaired) electrons. The number of nitrogens with one attached hydrogen (secondary N) is 2. The van der Waals surface area contributed by atoms with Crippen LogP contribution in [-0.4, -0.2) is 25.0 Å². The lowest BCUT2D eigenvalue weighted by molar-refractivity contribution is -0.117. The number of aryl methyl sites for hydroxylation is 1. The highest BCUT2D eigenvalue weighted by atomic mass is 35.5. The second-order valence-electron chi connectivity index (χ2n) is 6.37. The van der Waals surface area contributed by atoms with Crippen LogP contribution in [0.5, 0.6) is 0 Å². The molecule has 5 nitrogen and oxygen atoms in total. The molecule has 3 rings (SSSR count). The predicted octanol–water partition coefficient (Wildman–Crippen LogP) is 4.48. The van der Waals surface area contributed by atoms with Gasteiger partial charge in [0.25, 0.3) is 0 Å². The van der Waals surface area contributed by atoms with Crippen LogP contribution in [0.1, 0.15) is 12.0 Å². The summed E-state index contributed by atoms with van der Waals surface area (Å²) in [5.41, 5.74) is 2.60. The van der Waals surface area contributed by atoms with Crippen LogP contribution in [0.15, 0.2) is 42.5 Å². The molecule has 1 saturated heterocycles. The summed E-state index contributed by atoms with van der Waals surface area (Å²) in [6.07, 6.45) is 0.418. The Balaban J connectivity index is 1.52. The lowest BCUT2D eigenvalue weighted by Gasteiger charge is -2.17. The van der Waals surface area contributed by atoms with E-state index in [-0.39, 0.29) is 17.9 Å². The van der Waals surface area contributed by atoms with Crippen LogP contribution in [0.3, 0.4) is 0 Å². The predicted molar refractivity (Wildman–Crippen MR) is 105 cm³/mol. The average molecular weight is 392 g/mol. The van der Waals surface area contributed by atoms with E-state index >= 15 is 0 Å². The second kappa shape index (κ2) is 7.98. The molecule has 1 fully saturated rings. The van der Waals surface area contributed by atoms with Crippen molar-refractivity contribution in [2.24, 2.45) is 5.92 Å². The van der Waals surface area contributed by atoms with E-state index in [2.05, 4.69) is 10.6 Å². The number of anilines is 2. The quantitative estimate of drug-likeness (QED) is 0.806. The number of hydrogen-bond donors (Lipinski definition) is 2. The minimum atomic E-state index is -0.343. The van der Waals surface area contributed by atoms with E-state index in [4.69, 9.17) is 23.2 Å². The van der Waals surface area contributed by atoms with E-state index in [0.717, 1.165) is 11.3 Å². The van der Waals surface area contributed by atoms with Gasteiger partial charge in [0.2, 0.25) is 5.91 Å². The molecule has 1 atom stereocenters. The maximum absolute atomic E-state index is 12.2. The van der Waals surface area contributed by atoms with Crippen molar-refractivity contribution in [3.8, 4) is 0 Å². The first-order chi connectivity index (χ1) is 12.4.